The number of thioether (sulfide) groups is 1. The Bertz CT molecular complexity index is 1230. The van der Waals surface area contributed by atoms with Crippen molar-refractivity contribution < 1.29 is 9.53 Å². The molecule has 35 heavy (non-hydrogen) atoms. The maximum absolute atomic E-state index is 12.0. The molecule has 1 saturated carbocycles. The second kappa shape index (κ2) is 10.2. The van der Waals surface area contributed by atoms with Crippen LogP contribution in [0, 0.1) is 0 Å². The number of ether oxygens (including phenoxy) is 1. The molecular formula is C27H33N5O2S. The zero-order valence-corrected chi connectivity index (χ0v) is 21.1. The van der Waals surface area contributed by atoms with E-state index >= 15 is 0 Å². The second-order valence-electron chi connectivity index (χ2n) is 9.39. The number of fused-ring (bicyclic) bond motifs is 1. The van der Waals surface area contributed by atoms with Crippen molar-refractivity contribution in [2.24, 2.45) is 0 Å². The molecule has 1 aliphatic carbocycles. The van der Waals surface area contributed by atoms with Gasteiger partial charge >= 0.3 is 6.09 Å². The third-order valence-electron chi connectivity index (χ3n) is 6.55. The van der Waals surface area contributed by atoms with E-state index < -0.39 is 6.09 Å². The van der Waals surface area contributed by atoms with Gasteiger partial charge in [-0.05, 0) is 63.4 Å². The minimum absolute atomic E-state index is 0.163. The Balaban J connectivity index is 1.41. The van der Waals surface area contributed by atoms with Gasteiger partial charge in [0.1, 0.15) is 0 Å². The van der Waals surface area contributed by atoms with E-state index in [9.17, 15) is 4.79 Å². The molecule has 2 heterocycles. The molecule has 2 aromatic carbocycles. The number of nitrogens with two attached hydrogens (primary N) is 1. The van der Waals surface area contributed by atoms with Crippen LogP contribution < -0.4 is 16.4 Å². The summed E-state index contributed by atoms with van der Waals surface area (Å²) in [4.78, 5) is 15.5. The van der Waals surface area contributed by atoms with Crippen LogP contribution in [-0.4, -0.2) is 40.6 Å². The number of benzene rings is 2. The summed E-state index contributed by atoms with van der Waals surface area (Å²) in [5.74, 6) is 1.03. The Morgan fingerprint density at radius 2 is 2.03 bits per heavy atom. The highest BCUT2D eigenvalue weighted by Crippen LogP contribution is 2.45. The van der Waals surface area contributed by atoms with Crippen molar-refractivity contribution in [1.29, 1.82) is 0 Å². The number of nitrogens with one attached hydrogen (secondary N) is 2. The van der Waals surface area contributed by atoms with Crippen LogP contribution in [0.25, 0.3) is 22.2 Å². The van der Waals surface area contributed by atoms with Crippen LogP contribution in [0.1, 0.15) is 39.2 Å². The van der Waals surface area contributed by atoms with Gasteiger partial charge in [0.15, 0.2) is 0 Å². The van der Waals surface area contributed by atoms with Crippen LogP contribution in [0.4, 0.5) is 16.2 Å². The van der Waals surface area contributed by atoms with E-state index in [1.807, 2.05) is 56.1 Å². The van der Waals surface area contributed by atoms with E-state index in [-0.39, 0.29) is 6.10 Å². The SMILES string of the molecule is CC(C)OC(=O)Nc1ccc(-c2c(N)c3ccc(SCCN4C=CNC4)cc3n2C2CCC2)cc1. The number of amides is 1. The van der Waals surface area contributed by atoms with Crippen LogP contribution in [0.15, 0.2) is 59.8 Å². The molecule has 2 aliphatic rings. The molecule has 1 aromatic heterocycles. The van der Waals surface area contributed by atoms with E-state index in [0.717, 1.165) is 41.3 Å². The first kappa shape index (κ1) is 23.5. The molecular weight excluding hydrogens is 458 g/mol. The summed E-state index contributed by atoms with van der Waals surface area (Å²) in [6.07, 6.45) is 7.07. The lowest BCUT2D eigenvalue weighted by Crippen LogP contribution is -2.22. The lowest BCUT2D eigenvalue weighted by Gasteiger charge is -2.30. The molecule has 0 bridgehead atoms. The van der Waals surface area contributed by atoms with Gasteiger partial charge in [-0.2, -0.15) is 0 Å². The molecule has 4 N–H and O–H groups in total. The molecule has 0 atom stereocenters. The van der Waals surface area contributed by atoms with Gasteiger partial charge in [-0.15, -0.1) is 11.8 Å². The first-order chi connectivity index (χ1) is 17.0. The molecule has 1 fully saturated rings. The van der Waals surface area contributed by atoms with Gasteiger partial charge in [0.25, 0.3) is 0 Å². The highest BCUT2D eigenvalue weighted by Gasteiger charge is 2.27. The molecule has 7 nitrogen and oxygen atoms in total. The monoisotopic (exact) mass is 491 g/mol. The topological polar surface area (TPSA) is 84.5 Å². The highest BCUT2D eigenvalue weighted by molar-refractivity contribution is 7.99. The second-order valence-corrected chi connectivity index (χ2v) is 10.6. The van der Waals surface area contributed by atoms with E-state index in [4.69, 9.17) is 10.5 Å². The number of rotatable bonds is 8. The Hall–Kier alpha value is -3.26. The summed E-state index contributed by atoms with van der Waals surface area (Å²) in [7, 11) is 0. The third kappa shape index (κ3) is 5.07. The number of nitrogen functional groups attached to an aromatic ring is 1. The molecule has 184 valence electrons. The summed E-state index contributed by atoms with van der Waals surface area (Å²) in [5, 5.41) is 7.10. The van der Waals surface area contributed by atoms with Gasteiger partial charge in [-0.25, -0.2) is 4.79 Å². The molecule has 8 heteroatoms. The molecule has 0 spiro atoms. The van der Waals surface area contributed by atoms with Crippen molar-refractivity contribution in [3.63, 3.8) is 0 Å². The summed E-state index contributed by atoms with van der Waals surface area (Å²) >= 11 is 1.88. The smallest absolute Gasteiger partial charge is 0.411 e. The summed E-state index contributed by atoms with van der Waals surface area (Å²) < 4.78 is 7.63. The number of carbonyl (C=O) groups is 1. The number of carbonyl (C=O) groups excluding carboxylic acids is 1. The van der Waals surface area contributed by atoms with Crippen LogP contribution in [-0.2, 0) is 4.74 Å². The first-order valence-corrected chi connectivity index (χ1v) is 13.3. The fourth-order valence-corrected chi connectivity index (χ4v) is 5.53. The van der Waals surface area contributed by atoms with Crippen LogP contribution >= 0.6 is 11.8 Å². The van der Waals surface area contributed by atoms with Gasteiger partial charge in [0.2, 0.25) is 0 Å². The van der Waals surface area contributed by atoms with Crippen molar-refractivity contribution >= 4 is 40.1 Å². The summed E-state index contributed by atoms with van der Waals surface area (Å²) in [6, 6.07) is 15.0. The molecule has 5 rings (SSSR count). The molecule has 0 radical (unpaired) electrons. The van der Waals surface area contributed by atoms with Crippen molar-refractivity contribution in [2.75, 3.05) is 30.0 Å². The molecule has 3 aromatic rings. The minimum atomic E-state index is -0.446. The standard InChI is InChI=1S/C27H33N5O2S/c1-18(2)34-27(33)30-20-8-6-19(7-9-20)26-25(28)23-11-10-22(35-15-14-31-13-12-29-17-31)16-24(23)32(26)21-4-3-5-21/h6-13,16,18,21,29H,3-5,14-15,17,28H2,1-2H3,(H,30,33). The summed E-state index contributed by atoms with van der Waals surface area (Å²) in [6.45, 7) is 5.56. The Kier molecular flexibility index (Phi) is 6.81. The Labute approximate surface area is 210 Å². The Morgan fingerprint density at radius 3 is 2.69 bits per heavy atom. The largest absolute Gasteiger partial charge is 0.447 e. The maximum atomic E-state index is 12.0. The highest BCUT2D eigenvalue weighted by atomic mass is 32.2. The number of anilines is 2. The average molecular weight is 492 g/mol. The van der Waals surface area contributed by atoms with E-state index in [2.05, 4.69) is 44.5 Å². The minimum Gasteiger partial charge on any atom is -0.447 e. The average Bonchev–Trinajstić information content (AvgIpc) is 3.40. The fourth-order valence-electron chi connectivity index (χ4n) is 4.61. The van der Waals surface area contributed by atoms with Crippen molar-refractivity contribution in [3.8, 4) is 11.3 Å². The van der Waals surface area contributed by atoms with E-state index in [1.54, 1.807) is 0 Å². The van der Waals surface area contributed by atoms with Crippen molar-refractivity contribution in [2.45, 2.75) is 50.2 Å². The number of hydrogen-bond acceptors (Lipinski definition) is 6. The lowest BCUT2D eigenvalue weighted by molar-refractivity contribution is 0.130. The number of hydrogen-bond donors (Lipinski definition) is 3. The quantitative estimate of drug-likeness (QED) is 0.335. The van der Waals surface area contributed by atoms with Crippen molar-refractivity contribution in [3.05, 3.63) is 54.9 Å². The van der Waals surface area contributed by atoms with E-state index in [0.29, 0.717) is 11.7 Å². The maximum Gasteiger partial charge on any atom is 0.411 e. The summed E-state index contributed by atoms with van der Waals surface area (Å²) in [5.41, 5.74) is 11.6. The van der Waals surface area contributed by atoms with Gasteiger partial charge < -0.3 is 25.3 Å². The predicted octanol–water partition coefficient (Wildman–Crippen LogP) is 6.00. The van der Waals surface area contributed by atoms with Crippen molar-refractivity contribution in [1.82, 2.24) is 14.8 Å². The Morgan fingerprint density at radius 1 is 1.23 bits per heavy atom. The normalized spacial score (nSPS) is 15.5. The lowest BCUT2D eigenvalue weighted by atomic mass is 9.92. The fraction of sp³-hybridized carbons (Fsp3) is 0.370. The molecule has 0 saturated heterocycles. The number of aromatic nitrogens is 1. The van der Waals surface area contributed by atoms with Crippen LogP contribution in [0.3, 0.4) is 0 Å². The van der Waals surface area contributed by atoms with Gasteiger partial charge in [0.05, 0.1) is 29.7 Å². The predicted molar refractivity (Wildman–Crippen MR) is 144 cm³/mol. The van der Waals surface area contributed by atoms with Crippen LogP contribution in [0.2, 0.25) is 0 Å². The first-order valence-electron chi connectivity index (χ1n) is 12.3. The van der Waals surface area contributed by atoms with Gasteiger partial charge in [-0.3, -0.25) is 5.32 Å². The molecule has 1 amide bonds. The zero-order valence-electron chi connectivity index (χ0n) is 20.3. The van der Waals surface area contributed by atoms with E-state index in [1.165, 1.54) is 29.7 Å². The van der Waals surface area contributed by atoms with Gasteiger partial charge in [0, 0.05) is 52.3 Å². The zero-order chi connectivity index (χ0) is 24.4. The molecule has 1 aliphatic heterocycles. The third-order valence-corrected chi connectivity index (χ3v) is 7.52. The van der Waals surface area contributed by atoms with Gasteiger partial charge in [-0.1, -0.05) is 12.1 Å². The van der Waals surface area contributed by atoms with Crippen LogP contribution in [0.5, 0.6) is 0 Å². The number of nitrogens with zero attached hydrogens (tertiary/aromatic N) is 2. The molecule has 0 unspecified atom stereocenters.